The molecule has 9 heteroatoms. The van der Waals surface area contributed by atoms with Crippen molar-refractivity contribution in [2.45, 2.75) is 35.9 Å². The van der Waals surface area contributed by atoms with Gasteiger partial charge in [-0.3, -0.25) is 4.79 Å². The van der Waals surface area contributed by atoms with Crippen LogP contribution in [0.3, 0.4) is 0 Å². The average Bonchev–Trinajstić information content (AvgIpc) is 3.20. The van der Waals surface area contributed by atoms with Crippen LogP contribution in [-0.4, -0.2) is 37.8 Å². The third-order valence-corrected chi connectivity index (χ3v) is 8.64. The molecule has 3 rings (SSSR count). The third-order valence-electron chi connectivity index (χ3n) is 4.58. The van der Waals surface area contributed by atoms with Gasteiger partial charge in [-0.25, -0.2) is 8.42 Å². The Morgan fingerprint density at radius 1 is 1.22 bits per heavy atom. The number of amides is 1. The Labute approximate surface area is 173 Å². The predicted molar refractivity (Wildman–Crippen MR) is 109 cm³/mol. The van der Waals surface area contributed by atoms with Crippen LogP contribution in [0.25, 0.3) is 0 Å². The minimum atomic E-state index is -3.47. The molecular formula is C18H20Cl2N2O3S2. The van der Waals surface area contributed by atoms with E-state index in [1.165, 1.54) is 17.4 Å². The first-order chi connectivity index (χ1) is 12.9. The molecule has 1 amide bonds. The van der Waals surface area contributed by atoms with Gasteiger partial charge in [-0.15, -0.1) is 11.3 Å². The fourth-order valence-electron chi connectivity index (χ4n) is 3.20. The Kier molecular flexibility index (Phi) is 6.81. The summed E-state index contributed by atoms with van der Waals surface area (Å²) in [6.07, 6.45) is 3.21. The molecule has 0 saturated carbocycles. The van der Waals surface area contributed by atoms with Crippen LogP contribution in [0.1, 0.15) is 36.0 Å². The fourth-order valence-corrected chi connectivity index (χ4v) is 6.34. The highest BCUT2D eigenvalue weighted by Crippen LogP contribution is 2.29. The van der Waals surface area contributed by atoms with E-state index >= 15 is 0 Å². The number of rotatable bonds is 6. The zero-order chi connectivity index (χ0) is 19.4. The SMILES string of the molecule is O=C(NCCC1CCCCN1S(=O)(=O)c1cccs1)c1ccc(Cl)c(Cl)c1. The lowest BCUT2D eigenvalue weighted by Gasteiger charge is -2.34. The highest BCUT2D eigenvalue weighted by Gasteiger charge is 2.33. The zero-order valence-corrected chi connectivity index (χ0v) is 17.7. The Bertz CT molecular complexity index is 901. The molecular weight excluding hydrogens is 427 g/mol. The number of benzene rings is 1. The maximum Gasteiger partial charge on any atom is 0.252 e. The standard InChI is InChI=1S/C18H20Cl2N2O3S2/c19-15-7-6-13(12-16(15)20)18(23)21-9-8-14-4-1-2-10-22(14)27(24,25)17-5-3-11-26-17/h3,5-7,11-12,14H,1-2,4,8-10H2,(H,21,23). The molecule has 1 unspecified atom stereocenters. The Morgan fingerprint density at radius 3 is 2.74 bits per heavy atom. The molecule has 0 aliphatic carbocycles. The fraction of sp³-hybridized carbons (Fsp3) is 0.389. The third kappa shape index (κ3) is 4.84. The van der Waals surface area contributed by atoms with E-state index in [4.69, 9.17) is 23.2 Å². The minimum absolute atomic E-state index is 0.111. The number of sulfonamides is 1. The molecule has 1 aliphatic rings. The summed E-state index contributed by atoms with van der Waals surface area (Å²) in [5, 5.41) is 5.32. The number of carbonyl (C=O) groups excluding carboxylic acids is 1. The molecule has 27 heavy (non-hydrogen) atoms. The van der Waals surface area contributed by atoms with E-state index in [1.54, 1.807) is 34.0 Å². The molecule has 5 nitrogen and oxygen atoms in total. The van der Waals surface area contributed by atoms with Gasteiger partial charge in [0.05, 0.1) is 10.0 Å². The highest BCUT2D eigenvalue weighted by atomic mass is 35.5. The average molecular weight is 447 g/mol. The van der Waals surface area contributed by atoms with Gasteiger partial charge >= 0.3 is 0 Å². The van der Waals surface area contributed by atoms with Crippen LogP contribution >= 0.6 is 34.5 Å². The van der Waals surface area contributed by atoms with E-state index < -0.39 is 10.0 Å². The summed E-state index contributed by atoms with van der Waals surface area (Å²) in [5.74, 6) is -0.253. The Morgan fingerprint density at radius 2 is 2.04 bits per heavy atom. The van der Waals surface area contributed by atoms with Gasteiger partial charge in [-0.2, -0.15) is 4.31 Å². The van der Waals surface area contributed by atoms with Gasteiger partial charge in [0.25, 0.3) is 15.9 Å². The number of carbonyl (C=O) groups is 1. The van der Waals surface area contributed by atoms with Gasteiger partial charge in [0, 0.05) is 24.7 Å². The van der Waals surface area contributed by atoms with E-state index in [2.05, 4.69) is 5.32 Å². The number of nitrogens with one attached hydrogen (secondary N) is 1. The molecule has 146 valence electrons. The topological polar surface area (TPSA) is 66.5 Å². The van der Waals surface area contributed by atoms with Crippen molar-refractivity contribution in [3.05, 3.63) is 51.3 Å². The number of thiophene rings is 1. The van der Waals surface area contributed by atoms with Crippen LogP contribution in [-0.2, 0) is 10.0 Å². The molecule has 1 saturated heterocycles. The smallest absolute Gasteiger partial charge is 0.252 e. The van der Waals surface area contributed by atoms with E-state index in [0.717, 1.165) is 19.3 Å². The number of nitrogens with zero attached hydrogens (tertiary/aromatic N) is 1. The molecule has 2 heterocycles. The number of hydrogen-bond donors (Lipinski definition) is 1. The van der Waals surface area contributed by atoms with E-state index in [9.17, 15) is 13.2 Å². The molecule has 1 fully saturated rings. The molecule has 1 N–H and O–H groups in total. The molecule has 1 atom stereocenters. The van der Waals surface area contributed by atoms with Gasteiger partial charge in [0.1, 0.15) is 4.21 Å². The Balaban J connectivity index is 1.62. The minimum Gasteiger partial charge on any atom is -0.352 e. The molecule has 0 bridgehead atoms. The maximum absolute atomic E-state index is 12.9. The van der Waals surface area contributed by atoms with Crippen molar-refractivity contribution in [2.24, 2.45) is 0 Å². The predicted octanol–water partition coefficient (Wildman–Crippen LogP) is 4.42. The summed E-state index contributed by atoms with van der Waals surface area (Å²) in [6.45, 7) is 0.909. The largest absolute Gasteiger partial charge is 0.352 e. The summed E-state index contributed by atoms with van der Waals surface area (Å²) < 4.78 is 27.7. The first-order valence-electron chi connectivity index (χ1n) is 8.68. The second-order valence-electron chi connectivity index (χ2n) is 6.37. The molecule has 0 radical (unpaired) electrons. The number of piperidine rings is 1. The lowest BCUT2D eigenvalue weighted by molar-refractivity contribution is 0.0949. The van der Waals surface area contributed by atoms with Gasteiger partial charge in [-0.05, 0) is 48.9 Å². The normalized spacial score (nSPS) is 18.4. The van der Waals surface area contributed by atoms with Gasteiger partial charge in [0.2, 0.25) is 0 Å². The van der Waals surface area contributed by atoms with E-state index in [0.29, 0.717) is 39.3 Å². The second kappa shape index (κ2) is 8.92. The molecule has 1 aliphatic heterocycles. The monoisotopic (exact) mass is 446 g/mol. The summed E-state index contributed by atoms with van der Waals surface area (Å²) in [4.78, 5) is 12.3. The summed E-state index contributed by atoms with van der Waals surface area (Å²) in [5.41, 5.74) is 0.427. The quantitative estimate of drug-likeness (QED) is 0.713. The van der Waals surface area contributed by atoms with Crippen LogP contribution in [0.4, 0.5) is 0 Å². The van der Waals surface area contributed by atoms with Crippen LogP contribution in [0.2, 0.25) is 10.0 Å². The molecule has 1 aromatic heterocycles. The van der Waals surface area contributed by atoms with Crippen molar-refractivity contribution < 1.29 is 13.2 Å². The first kappa shape index (κ1) is 20.6. The van der Waals surface area contributed by atoms with Gasteiger partial charge in [0.15, 0.2) is 0 Å². The van der Waals surface area contributed by atoms with E-state index in [-0.39, 0.29) is 11.9 Å². The van der Waals surface area contributed by atoms with E-state index in [1.807, 2.05) is 0 Å². The molecule has 2 aromatic rings. The van der Waals surface area contributed by atoms with Crippen molar-refractivity contribution in [1.29, 1.82) is 0 Å². The summed E-state index contributed by atoms with van der Waals surface area (Å²) in [7, 11) is -3.47. The highest BCUT2D eigenvalue weighted by molar-refractivity contribution is 7.91. The van der Waals surface area contributed by atoms with Crippen molar-refractivity contribution in [3.63, 3.8) is 0 Å². The van der Waals surface area contributed by atoms with Gasteiger partial charge < -0.3 is 5.32 Å². The van der Waals surface area contributed by atoms with Gasteiger partial charge in [-0.1, -0.05) is 35.7 Å². The Hall–Kier alpha value is -1.12. The van der Waals surface area contributed by atoms with Crippen molar-refractivity contribution in [3.8, 4) is 0 Å². The molecule has 0 spiro atoms. The first-order valence-corrected chi connectivity index (χ1v) is 11.8. The lowest BCUT2D eigenvalue weighted by Crippen LogP contribution is -2.44. The van der Waals surface area contributed by atoms with Crippen LogP contribution < -0.4 is 5.32 Å². The number of hydrogen-bond acceptors (Lipinski definition) is 4. The van der Waals surface area contributed by atoms with Crippen molar-refractivity contribution in [1.82, 2.24) is 9.62 Å². The second-order valence-corrected chi connectivity index (χ2v) is 10.3. The maximum atomic E-state index is 12.9. The zero-order valence-electron chi connectivity index (χ0n) is 14.5. The number of halogens is 2. The van der Waals surface area contributed by atoms with Crippen LogP contribution in [0, 0.1) is 0 Å². The molecule has 1 aromatic carbocycles. The van der Waals surface area contributed by atoms with Crippen LogP contribution in [0.15, 0.2) is 39.9 Å². The summed E-state index contributed by atoms with van der Waals surface area (Å²) >= 11 is 13.0. The van der Waals surface area contributed by atoms with Crippen LogP contribution in [0.5, 0.6) is 0 Å². The van der Waals surface area contributed by atoms with Crippen molar-refractivity contribution in [2.75, 3.05) is 13.1 Å². The summed E-state index contributed by atoms with van der Waals surface area (Å²) in [6, 6.07) is 7.98. The van der Waals surface area contributed by atoms with Crippen molar-refractivity contribution >= 4 is 50.5 Å². The lowest BCUT2D eigenvalue weighted by atomic mass is 10.0.